The van der Waals surface area contributed by atoms with Gasteiger partial charge in [-0.1, -0.05) is 25.1 Å². The largest absolute Gasteiger partial charge is 0.392 e. The standard InChI is InChI=1S/C12H15NOS/c1-2-10(14)8-15-12-7-9-5-3-4-6-11(9)13-12/h3-7,10,13-14H,2,8H2,1H3. The summed E-state index contributed by atoms with van der Waals surface area (Å²) in [5.41, 5.74) is 1.16. The first-order chi connectivity index (χ1) is 7.29. The van der Waals surface area contributed by atoms with Crippen LogP contribution in [0.5, 0.6) is 0 Å². The van der Waals surface area contributed by atoms with Gasteiger partial charge in [-0.2, -0.15) is 0 Å². The zero-order chi connectivity index (χ0) is 10.7. The molecule has 0 aliphatic heterocycles. The lowest BCUT2D eigenvalue weighted by atomic mass is 10.3. The molecule has 2 nitrogen and oxygen atoms in total. The molecule has 2 N–H and O–H groups in total. The summed E-state index contributed by atoms with van der Waals surface area (Å²) in [5.74, 6) is 0.753. The third-order valence-corrected chi connectivity index (χ3v) is 3.49. The quantitative estimate of drug-likeness (QED) is 0.778. The second-order valence-corrected chi connectivity index (χ2v) is 4.66. The summed E-state index contributed by atoms with van der Waals surface area (Å²) in [6.45, 7) is 2.00. The lowest BCUT2D eigenvalue weighted by Crippen LogP contribution is -2.07. The van der Waals surface area contributed by atoms with Crippen LogP contribution in [0.15, 0.2) is 35.4 Å². The summed E-state index contributed by atoms with van der Waals surface area (Å²) in [7, 11) is 0. The highest BCUT2D eigenvalue weighted by molar-refractivity contribution is 7.99. The molecule has 0 radical (unpaired) electrons. The summed E-state index contributed by atoms with van der Waals surface area (Å²) < 4.78 is 0. The van der Waals surface area contributed by atoms with Crippen molar-refractivity contribution in [3.63, 3.8) is 0 Å². The van der Waals surface area contributed by atoms with Gasteiger partial charge in [-0.3, -0.25) is 0 Å². The van der Waals surface area contributed by atoms with Crippen LogP contribution in [0.1, 0.15) is 13.3 Å². The maximum absolute atomic E-state index is 9.46. The van der Waals surface area contributed by atoms with E-state index in [1.165, 1.54) is 5.39 Å². The molecule has 0 spiro atoms. The molecule has 0 fully saturated rings. The van der Waals surface area contributed by atoms with Crippen molar-refractivity contribution < 1.29 is 5.11 Å². The van der Waals surface area contributed by atoms with E-state index < -0.39 is 0 Å². The van der Waals surface area contributed by atoms with Crippen LogP contribution in [-0.2, 0) is 0 Å². The third kappa shape index (κ3) is 2.55. The van der Waals surface area contributed by atoms with Gasteiger partial charge in [0.05, 0.1) is 11.1 Å². The highest BCUT2D eigenvalue weighted by Gasteiger charge is 2.04. The molecule has 80 valence electrons. The van der Waals surface area contributed by atoms with Gasteiger partial charge in [-0.15, -0.1) is 11.8 Å². The molecule has 2 rings (SSSR count). The van der Waals surface area contributed by atoms with Crippen molar-refractivity contribution in [2.24, 2.45) is 0 Å². The van der Waals surface area contributed by atoms with E-state index in [0.29, 0.717) is 0 Å². The Morgan fingerprint density at radius 1 is 1.40 bits per heavy atom. The van der Waals surface area contributed by atoms with E-state index in [0.717, 1.165) is 22.7 Å². The Balaban J connectivity index is 2.09. The fourth-order valence-electron chi connectivity index (χ4n) is 1.43. The first kappa shape index (κ1) is 10.6. The Kier molecular flexibility index (Phi) is 3.34. The van der Waals surface area contributed by atoms with Gasteiger partial charge in [0.15, 0.2) is 0 Å². The molecular formula is C12H15NOS. The van der Waals surface area contributed by atoms with E-state index in [9.17, 15) is 5.11 Å². The molecule has 0 saturated heterocycles. The number of hydrogen-bond acceptors (Lipinski definition) is 2. The molecule has 15 heavy (non-hydrogen) atoms. The molecule has 0 amide bonds. The van der Waals surface area contributed by atoms with Crippen LogP contribution < -0.4 is 0 Å². The number of nitrogens with one attached hydrogen (secondary N) is 1. The average molecular weight is 221 g/mol. The van der Waals surface area contributed by atoms with Crippen LogP contribution in [0.4, 0.5) is 0 Å². The zero-order valence-electron chi connectivity index (χ0n) is 8.73. The number of rotatable bonds is 4. The molecule has 1 unspecified atom stereocenters. The smallest absolute Gasteiger partial charge is 0.0733 e. The van der Waals surface area contributed by atoms with Gasteiger partial charge < -0.3 is 10.1 Å². The monoisotopic (exact) mass is 221 g/mol. The first-order valence-electron chi connectivity index (χ1n) is 5.18. The van der Waals surface area contributed by atoms with Crippen molar-refractivity contribution >= 4 is 22.7 Å². The fourth-order valence-corrected chi connectivity index (χ4v) is 2.43. The van der Waals surface area contributed by atoms with Crippen molar-refractivity contribution in [3.05, 3.63) is 30.3 Å². The van der Waals surface area contributed by atoms with E-state index in [1.807, 2.05) is 19.1 Å². The van der Waals surface area contributed by atoms with Crippen molar-refractivity contribution in [1.29, 1.82) is 0 Å². The molecule has 3 heteroatoms. The summed E-state index contributed by atoms with van der Waals surface area (Å²) in [5, 5.41) is 11.8. The Bertz CT molecular complexity index is 405. The minimum atomic E-state index is -0.207. The highest BCUT2D eigenvalue weighted by Crippen LogP contribution is 2.23. The number of aliphatic hydroxyl groups is 1. The van der Waals surface area contributed by atoms with Gasteiger partial charge in [0, 0.05) is 16.7 Å². The van der Waals surface area contributed by atoms with Crippen LogP contribution in [0.3, 0.4) is 0 Å². The van der Waals surface area contributed by atoms with Gasteiger partial charge >= 0.3 is 0 Å². The number of thioether (sulfide) groups is 1. The number of aromatic nitrogens is 1. The number of aliphatic hydroxyl groups excluding tert-OH is 1. The highest BCUT2D eigenvalue weighted by atomic mass is 32.2. The van der Waals surface area contributed by atoms with E-state index in [4.69, 9.17) is 0 Å². The lowest BCUT2D eigenvalue weighted by molar-refractivity contribution is 0.195. The van der Waals surface area contributed by atoms with E-state index in [1.54, 1.807) is 11.8 Å². The predicted octanol–water partition coefficient (Wildman–Crippen LogP) is 3.03. The summed E-state index contributed by atoms with van der Waals surface area (Å²) >= 11 is 1.67. The SMILES string of the molecule is CCC(O)CSc1cc2ccccc2[nH]1. The van der Waals surface area contributed by atoms with Crippen molar-refractivity contribution in [3.8, 4) is 0 Å². The Hall–Kier alpha value is -0.930. The second-order valence-electron chi connectivity index (χ2n) is 3.59. The topological polar surface area (TPSA) is 36.0 Å². The Morgan fingerprint density at radius 3 is 2.93 bits per heavy atom. The average Bonchev–Trinajstić information content (AvgIpc) is 2.68. The van der Waals surface area contributed by atoms with Crippen LogP contribution in [0, 0.1) is 0 Å². The number of fused-ring (bicyclic) bond motifs is 1. The number of para-hydroxylation sites is 1. The molecule has 1 aromatic heterocycles. The summed E-state index contributed by atoms with van der Waals surface area (Å²) in [6.07, 6.45) is 0.606. The van der Waals surface area contributed by atoms with E-state index in [2.05, 4.69) is 23.2 Å². The first-order valence-corrected chi connectivity index (χ1v) is 6.16. The van der Waals surface area contributed by atoms with Gasteiger partial charge in [0.1, 0.15) is 0 Å². The van der Waals surface area contributed by atoms with Crippen LogP contribution >= 0.6 is 11.8 Å². The summed E-state index contributed by atoms with van der Waals surface area (Å²) in [4.78, 5) is 3.33. The molecule has 2 aromatic rings. The molecule has 0 aliphatic carbocycles. The van der Waals surface area contributed by atoms with Crippen LogP contribution in [0.25, 0.3) is 10.9 Å². The number of H-pyrrole nitrogens is 1. The molecule has 0 saturated carbocycles. The predicted molar refractivity (Wildman–Crippen MR) is 65.3 cm³/mol. The maximum Gasteiger partial charge on any atom is 0.0733 e. The van der Waals surface area contributed by atoms with Crippen molar-refractivity contribution in [2.75, 3.05) is 5.75 Å². The lowest BCUT2D eigenvalue weighted by Gasteiger charge is -2.04. The van der Waals surface area contributed by atoms with Crippen molar-refractivity contribution in [2.45, 2.75) is 24.5 Å². The zero-order valence-corrected chi connectivity index (χ0v) is 9.55. The van der Waals surface area contributed by atoms with E-state index >= 15 is 0 Å². The number of aromatic amines is 1. The van der Waals surface area contributed by atoms with E-state index in [-0.39, 0.29) is 6.10 Å². The maximum atomic E-state index is 9.46. The number of hydrogen-bond donors (Lipinski definition) is 2. The van der Waals surface area contributed by atoms with Crippen molar-refractivity contribution in [1.82, 2.24) is 4.98 Å². The van der Waals surface area contributed by atoms with Gasteiger partial charge in [0.25, 0.3) is 0 Å². The Morgan fingerprint density at radius 2 is 2.20 bits per heavy atom. The molecular weight excluding hydrogens is 206 g/mol. The molecule has 1 heterocycles. The van der Waals surface area contributed by atoms with Gasteiger partial charge in [-0.05, 0) is 18.6 Å². The normalized spacial score (nSPS) is 13.2. The third-order valence-electron chi connectivity index (χ3n) is 2.41. The Labute approximate surface area is 93.7 Å². The van der Waals surface area contributed by atoms with Gasteiger partial charge in [0.2, 0.25) is 0 Å². The molecule has 1 aromatic carbocycles. The molecule has 1 atom stereocenters. The minimum absolute atomic E-state index is 0.207. The fraction of sp³-hybridized carbons (Fsp3) is 0.333. The van der Waals surface area contributed by atoms with Gasteiger partial charge in [-0.25, -0.2) is 0 Å². The molecule has 0 bridgehead atoms. The minimum Gasteiger partial charge on any atom is -0.392 e. The van der Waals surface area contributed by atoms with Crippen LogP contribution in [0.2, 0.25) is 0 Å². The molecule has 0 aliphatic rings. The van der Waals surface area contributed by atoms with Crippen LogP contribution in [-0.4, -0.2) is 21.9 Å². The summed E-state index contributed by atoms with van der Waals surface area (Å²) in [6, 6.07) is 10.3. The number of benzene rings is 1. The second kappa shape index (κ2) is 4.73.